The third kappa shape index (κ3) is 6.47. The minimum atomic E-state index is -3.17. The minimum absolute atomic E-state index is 0.0819. The van der Waals surface area contributed by atoms with Crippen molar-refractivity contribution in [2.24, 2.45) is 0 Å². The summed E-state index contributed by atoms with van der Waals surface area (Å²) in [5, 5.41) is 7.56. The first-order valence-corrected chi connectivity index (χ1v) is 15.0. The lowest BCUT2D eigenvalue weighted by Crippen LogP contribution is -2.61. The van der Waals surface area contributed by atoms with Crippen molar-refractivity contribution >= 4 is 44.8 Å². The average molecular weight is 550 g/mol. The Labute approximate surface area is 226 Å². The summed E-state index contributed by atoms with van der Waals surface area (Å²) < 4.78 is 25.1. The van der Waals surface area contributed by atoms with Crippen LogP contribution >= 0.6 is 11.6 Å². The van der Waals surface area contributed by atoms with Gasteiger partial charge < -0.3 is 15.5 Å². The molecule has 0 amide bonds. The van der Waals surface area contributed by atoms with Crippen LogP contribution < -0.4 is 15.5 Å². The van der Waals surface area contributed by atoms with Gasteiger partial charge in [-0.3, -0.25) is 4.90 Å². The van der Waals surface area contributed by atoms with Gasteiger partial charge >= 0.3 is 0 Å². The highest BCUT2D eigenvalue weighted by Gasteiger charge is 2.43. The number of nitrogens with one attached hydrogen (secondary N) is 2. The van der Waals surface area contributed by atoms with Crippen molar-refractivity contribution in [3.63, 3.8) is 0 Å². The lowest BCUT2D eigenvalue weighted by molar-refractivity contribution is -0.00772. The first-order chi connectivity index (χ1) is 17.1. The molecular formula is C26H40ClN7O2S. The van der Waals surface area contributed by atoms with Crippen molar-refractivity contribution in [3.8, 4) is 0 Å². The largest absolute Gasteiger partial charge is 0.368 e. The SMILES string of the molecule is Cc1cc(NC2CC(C)(C)N(C)C(C)(C)C2)nc(Nc2ccc(N3CCN(S(C)(=O)=O)CC3)c(Cl)c2)n1. The zero-order chi connectivity index (χ0) is 27.2. The number of piperidine rings is 1. The number of likely N-dealkylation sites (tertiary alicyclic amines) is 1. The normalized spacial score (nSPS) is 21.1. The fourth-order valence-corrected chi connectivity index (χ4v) is 6.74. The fourth-order valence-electron chi connectivity index (χ4n) is 5.61. The quantitative estimate of drug-likeness (QED) is 0.550. The lowest BCUT2D eigenvalue weighted by atomic mass is 9.77. The number of rotatable bonds is 6. The van der Waals surface area contributed by atoms with Crippen molar-refractivity contribution in [3.05, 3.63) is 35.0 Å². The average Bonchev–Trinajstić information content (AvgIpc) is 2.76. The Morgan fingerprint density at radius 2 is 1.62 bits per heavy atom. The van der Waals surface area contributed by atoms with Crippen molar-refractivity contribution in [2.45, 2.75) is 64.6 Å². The van der Waals surface area contributed by atoms with E-state index in [-0.39, 0.29) is 11.1 Å². The number of benzene rings is 1. The second-order valence-corrected chi connectivity index (χ2v) is 14.0. The molecule has 11 heteroatoms. The van der Waals surface area contributed by atoms with Crippen LogP contribution in [-0.4, -0.2) is 84.2 Å². The second kappa shape index (κ2) is 10.2. The lowest BCUT2D eigenvalue weighted by Gasteiger charge is -2.53. The minimum Gasteiger partial charge on any atom is -0.368 e. The molecular weight excluding hydrogens is 510 g/mol. The smallest absolute Gasteiger partial charge is 0.229 e. The first kappa shape index (κ1) is 27.9. The van der Waals surface area contributed by atoms with Crippen LogP contribution in [0.1, 0.15) is 46.2 Å². The molecule has 0 saturated carbocycles. The molecule has 2 N–H and O–H groups in total. The van der Waals surface area contributed by atoms with Gasteiger partial charge in [-0.2, -0.15) is 9.29 Å². The maximum atomic E-state index is 11.8. The van der Waals surface area contributed by atoms with Gasteiger partial charge in [0.15, 0.2) is 0 Å². The van der Waals surface area contributed by atoms with E-state index in [1.54, 1.807) is 0 Å². The number of hydrogen-bond acceptors (Lipinski definition) is 8. The number of aromatic nitrogens is 2. The number of halogens is 1. The van der Waals surface area contributed by atoms with Crippen LogP contribution in [0.4, 0.5) is 23.1 Å². The molecule has 1 aromatic heterocycles. The molecule has 0 spiro atoms. The highest BCUT2D eigenvalue weighted by atomic mass is 35.5. The van der Waals surface area contributed by atoms with Crippen LogP contribution in [-0.2, 0) is 10.0 Å². The number of hydrogen-bond donors (Lipinski definition) is 2. The zero-order valence-corrected chi connectivity index (χ0v) is 24.5. The molecule has 4 rings (SSSR count). The number of nitrogens with zero attached hydrogens (tertiary/aromatic N) is 5. The molecule has 3 heterocycles. The van der Waals surface area contributed by atoms with Gasteiger partial charge in [0.2, 0.25) is 16.0 Å². The third-order valence-electron chi connectivity index (χ3n) is 7.77. The predicted molar refractivity (Wildman–Crippen MR) is 153 cm³/mol. The van der Waals surface area contributed by atoms with E-state index < -0.39 is 10.0 Å². The summed E-state index contributed by atoms with van der Waals surface area (Å²) in [6, 6.07) is 8.06. The van der Waals surface area contributed by atoms with E-state index in [4.69, 9.17) is 16.6 Å². The standard InChI is InChI=1S/C26H40ClN7O2S/c1-18-14-23(29-20-16-25(2,3)32(6)26(4,5)17-20)31-24(28-18)30-19-8-9-22(21(27)15-19)33-10-12-34(13-11-33)37(7,35)36/h8-9,14-15,20H,10-13,16-17H2,1-7H3,(H2,28,29,30,31). The first-order valence-electron chi connectivity index (χ1n) is 12.8. The Morgan fingerprint density at radius 1 is 1.00 bits per heavy atom. The highest BCUT2D eigenvalue weighted by molar-refractivity contribution is 7.88. The summed E-state index contributed by atoms with van der Waals surface area (Å²) in [5.74, 6) is 1.32. The number of anilines is 4. The Balaban J connectivity index is 1.45. The van der Waals surface area contributed by atoms with E-state index >= 15 is 0 Å². The molecule has 37 heavy (non-hydrogen) atoms. The molecule has 0 bridgehead atoms. The Morgan fingerprint density at radius 3 is 2.19 bits per heavy atom. The highest BCUT2D eigenvalue weighted by Crippen LogP contribution is 2.38. The molecule has 204 valence electrons. The summed E-state index contributed by atoms with van der Waals surface area (Å²) >= 11 is 6.64. The third-order valence-corrected chi connectivity index (χ3v) is 9.37. The fraction of sp³-hybridized carbons (Fsp3) is 0.615. The molecule has 0 radical (unpaired) electrons. The van der Waals surface area contributed by atoms with Crippen LogP contribution in [0.15, 0.2) is 24.3 Å². The molecule has 0 unspecified atom stereocenters. The van der Waals surface area contributed by atoms with Gasteiger partial charge in [0.25, 0.3) is 0 Å². The summed E-state index contributed by atoms with van der Waals surface area (Å²) in [7, 11) is -0.964. The van der Waals surface area contributed by atoms with E-state index in [9.17, 15) is 8.42 Å². The summed E-state index contributed by atoms with van der Waals surface area (Å²) in [6.07, 6.45) is 3.29. The Kier molecular flexibility index (Phi) is 7.69. The number of sulfonamides is 1. The predicted octanol–water partition coefficient (Wildman–Crippen LogP) is 4.33. The Hall–Kier alpha value is -2.14. The maximum absolute atomic E-state index is 11.8. The van der Waals surface area contributed by atoms with E-state index in [0.29, 0.717) is 43.2 Å². The molecule has 2 fully saturated rings. The van der Waals surface area contributed by atoms with Gasteiger partial charge in [-0.25, -0.2) is 13.4 Å². The van der Waals surface area contributed by atoms with Gasteiger partial charge in [0.1, 0.15) is 5.82 Å². The summed E-state index contributed by atoms with van der Waals surface area (Å²) in [4.78, 5) is 13.9. The summed E-state index contributed by atoms with van der Waals surface area (Å²) in [6.45, 7) is 13.2. The molecule has 2 aliphatic rings. The summed E-state index contributed by atoms with van der Waals surface area (Å²) in [5.41, 5.74) is 2.72. The maximum Gasteiger partial charge on any atom is 0.229 e. The zero-order valence-electron chi connectivity index (χ0n) is 23.0. The molecule has 9 nitrogen and oxygen atoms in total. The van der Waals surface area contributed by atoms with Crippen molar-refractivity contribution in [2.75, 3.05) is 55.0 Å². The molecule has 0 atom stereocenters. The van der Waals surface area contributed by atoms with Gasteiger partial charge in [-0.15, -0.1) is 0 Å². The van der Waals surface area contributed by atoms with Gasteiger partial charge in [-0.05, 0) is 72.7 Å². The molecule has 2 aliphatic heterocycles. The van der Waals surface area contributed by atoms with Crippen molar-refractivity contribution in [1.29, 1.82) is 0 Å². The van der Waals surface area contributed by atoms with E-state index in [0.717, 1.165) is 35.7 Å². The second-order valence-electron chi connectivity index (χ2n) is 11.6. The van der Waals surface area contributed by atoms with E-state index in [1.807, 2.05) is 31.2 Å². The topological polar surface area (TPSA) is 93.7 Å². The molecule has 0 aliphatic carbocycles. The van der Waals surface area contributed by atoms with E-state index in [2.05, 4.69) is 60.2 Å². The molecule has 1 aromatic carbocycles. The number of piperazine rings is 1. The van der Waals surface area contributed by atoms with Crippen LogP contribution in [0.2, 0.25) is 5.02 Å². The van der Waals surface area contributed by atoms with Gasteiger partial charge in [0.05, 0.1) is 17.0 Å². The van der Waals surface area contributed by atoms with Crippen LogP contribution in [0.3, 0.4) is 0 Å². The van der Waals surface area contributed by atoms with Gasteiger partial charge in [-0.1, -0.05) is 11.6 Å². The molecule has 2 aromatic rings. The van der Waals surface area contributed by atoms with Crippen molar-refractivity contribution < 1.29 is 8.42 Å². The number of aryl methyl sites for hydroxylation is 1. The molecule has 2 saturated heterocycles. The van der Waals surface area contributed by atoms with Crippen LogP contribution in [0, 0.1) is 6.92 Å². The monoisotopic (exact) mass is 549 g/mol. The van der Waals surface area contributed by atoms with Crippen molar-refractivity contribution in [1.82, 2.24) is 19.2 Å². The Bertz CT molecular complexity index is 1230. The van der Waals surface area contributed by atoms with Crippen LogP contribution in [0.5, 0.6) is 0 Å². The van der Waals surface area contributed by atoms with Crippen LogP contribution in [0.25, 0.3) is 0 Å². The van der Waals surface area contributed by atoms with Gasteiger partial charge in [0, 0.05) is 60.7 Å². The van der Waals surface area contributed by atoms with E-state index in [1.165, 1.54) is 10.6 Å².